The fraction of sp³-hybridized carbons (Fsp3) is 0.579. The Balaban J connectivity index is 1.51. The molecule has 1 saturated carbocycles. The molecule has 0 radical (unpaired) electrons. The molecule has 5 nitrogen and oxygen atoms in total. The Morgan fingerprint density at radius 1 is 1.25 bits per heavy atom. The van der Waals surface area contributed by atoms with Crippen molar-refractivity contribution in [3.8, 4) is 0 Å². The molecule has 0 bridgehead atoms. The van der Waals surface area contributed by atoms with Gasteiger partial charge >= 0.3 is 0 Å². The fourth-order valence-electron chi connectivity index (χ4n) is 3.67. The van der Waals surface area contributed by atoms with Crippen molar-refractivity contribution in [1.29, 1.82) is 0 Å². The maximum atomic E-state index is 12.4. The van der Waals surface area contributed by atoms with Crippen LogP contribution in [0.15, 0.2) is 24.3 Å². The van der Waals surface area contributed by atoms with E-state index in [1.54, 1.807) is 6.07 Å². The molecular formula is C19H27N3O2. The van der Waals surface area contributed by atoms with Crippen LogP contribution in [0.4, 0.5) is 0 Å². The van der Waals surface area contributed by atoms with Gasteiger partial charge in [0.1, 0.15) is 0 Å². The van der Waals surface area contributed by atoms with Crippen molar-refractivity contribution in [3.05, 3.63) is 35.4 Å². The van der Waals surface area contributed by atoms with E-state index < -0.39 is 0 Å². The van der Waals surface area contributed by atoms with Crippen LogP contribution < -0.4 is 16.0 Å². The number of rotatable bonds is 6. The van der Waals surface area contributed by atoms with E-state index in [4.69, 9.17) is 0 Å². The van der Waals surface area contributed by atoms with Gasteiger partial charge in [0.25, 0.3) is 5.91 Å². The summed E-state index contributed by atoms with van der Waals surface area (Å²) in [6, 6.07) is 7.48. The van der Waals surface area contributed by atoms with Crippen LogP contribution >= 0.6 is 0 Å². The first-order valence-corrected chi connectivity index (χ1v) is 9.00. The first-order chi connectivity index (χ1) is 11.6. The molecule has 130 valence electrons. The minimum absolute atomic E-state index is 0.0547. The van der Waals surface area contributed by atoms with Gasteiger partial charge in [-0.1, -0.05) is 19.1 Å². The van der Waals surface area contributed by atoms with Crippen LogP contribution in [0.25, 0.3) is 0 Å². The highest BCUT2D eigenvalue weighted by Crippen LogP contribution is 2.58. The molecule has 0 aromatic heterocycles. The molecular weight excluding hydrogens is 302 g/mol. The molecule has 2 aliphatic rings. The Morgan fingerprint density at radius 2 is 2.04 bits per heavy atom. The second-order valence-corrected chi connectivity index (χ2v) is 7.04. The lowest BCUT2D eigenvalue weighted by molar-refractivity contribution is -0.123. The van der Waals surface area contributed by atoms with Crippen molar-refractivity contribution in [1.82, 2.24) is 16.0 Å². The average Bonchev–Trinajstić information content (AvgIpc) is 3.31. The Bertz CT molecular complexity index is 608. The molecule has 1 atom stereocenters. The van der Waals surface area contributed by atoms with Crippen LogP contribution in [-0.4, -0.2) is 31.4 Å². The molecule has 1 aliphatic carbocycles. The van der Waals surface area contributed by atoms with Gasteiger partial charge in [0.15, 0.2) is 0 Å². The second kappa shape index (κ2) is 7.34. The van der Waals surface area contributed by atoms with Gasteiger partial charge in [-0.2, -0.15) is 0 Å². The molecule has 1 saturated heterocycles. The molecule has 3 N–H and O–H groups in total. The molecule has 1 spiro atoms. The number of benzene rings is 1. The van der Waals surface area contributed by atoms with Crippen molar-refractivity contribution in [2.24, 2.45) is 11.3 Å². The highest BCUT2D eigenvalue weighted by molar-refractivity contribution is 5.94. The normalized spacial score (nSPS) is 21.3. The number of amides is 2. The summed E-state index contributed by atoms with van der Waals surface area (Å²) in [6.07, 6.45) is 4.16. The van der Waals surface area contributed by atoms with Crippen molar-refractivity contribution < 1.29 is 9.59 Å². The number of nitrogens with one attached hydrogen (secondary N) is 3. The van der Waals surface area contributed by atoms with E-state index in [1.807, 2.05) is 25.1 Å². The topological polar surface area (TPSA) is 70.2 Å². The van der Waals surface area contributed by atoms with E-state index in [1.165, 1.54) is 0 Å². The molecule has 2 fully saturated rings. The summed E-state index contributed by atoms with van der Waals surface area (Å²) in [7, 11) is 0. The second-order valence-electron chi connectivity index (χ2n) is 7.04. The summed E-state index contributed by atoms with van der Waals surface area (Å²) in [5.41, 5.74) is 1.88. The van der Waals surface area contributed by atoms with E-state index in [9.17, 15) is 9.59 Å². The van der Waals surface area contributed by atoms with Gasteiger partial charge in [-0.25, -0.2) is 0 Å². The highest BCUT2D eigenvalue weighted by atomic mass is 16.2. The maximum absolute atomic E-state index is 12.4. The summed E-state index contributed by atoms with van der Waals surface area (Å²) < 4.78 is 0. The molecule has 1 unspecified atom stereocenters. The smallest absolute Gasteiger partial charge is 0.251 e. The van der Waals surface area contributed by atoms with Gasteiger partial charge in [-0.05, 0) is 61.9 Å². The minimum atomic E-state index is -0.0547. The van der Waals surface area contributed by atoms with Gasteiger partial charge in [-0.3, -0.25) is 9.59 Å². The van der Waals surface area contributed by atoms with Crippen LogP contribution in [0.2, 0.25) is 0 Å². The summed E-state index contributed by atoms with van der Waals surface area (Å²) in [5, 5.41) is 9.29. The van der Waals surface area contributed by atoms with Crippen molar-refractivity contribution in [2.75, 3.05) is 19.6 Å². The molecule has 24 heavy (non-hydrogen) atoms. The third kappa shape index (κ3) is 3.78. The SMILES string of the molecule is CCCNC(=O)c1cccc(CNC(=O)C2CC23CCNCC3)c1. The lowest BCUT2D eigenvalue weighted by atomic mass is 9.92. The number of hydrogen-bond acceptors (Lipinski definition) is 3. The zero-order valence-corrected chi connectivity index (χ0v) is 14.4. The van der Waals surface area contributed by atoms with E-state index in [0.29, 0.717) is 18.7 Å². The van der Waals surface area contributed by atoms with E-state index >= 15 is 0 Å². The quantitative estimate of drug-likeness (QED) is 0.746. The van der Waals surface area contributed by atoms with Crippen LogP contribution in [0.1, 0.15) is 48.5 Å². The molecule has 1 aromatic rings. The van der Waals surface area contributed by atoms with Crippen LogP contribution in [0, 0.1) is 11.3 Å². The first-order valence-electron chi connectivity index (χ1n) is 9.00. The fourth-order valence-corrected chi connectivity index (χ4v) is 3.67. The van der Waals surface area contributed by atoms with E-state index in [-0.39, 0.29) is 23.1 Å². The third-order valence-electron chi connectivity index (χ3n) is 5.30. The molecule has 5 heteroatoms. The van der Waals surface area contributed by atoms with Gasteiger partial charge in [-0.15, -0.1) is 0 Å². The predicted molar refractivity (Wildman–Crippen MR) is 93.6 cm³/mol. The molecule has 1 aliphatic heterocycles. The van der Waals surface area contributed by atoms with Crippen LogP contribution in [0.5, 0.6) is 0 Å². The monoisotopic (exact) mass is 329 g/mol. The number of carbonyl (C=O) groups is 2. The van der Waals surface area contributed by atoms with Gasteiger partial charge in [0, 0.05) is 24.6 Å². The summed E-state index contributed by atoms with van der Waals surface area (Å²) in [4.78, 5) is 24.4. The van der Waals surface area contributed by atoms with E-state index in [2.05, 4.69) is 16.0 Å². The van der Waals surface area contributed by atoms with Gasteiger partial charge in [0.2, 0.25) is 5.91 Å². The van der Waals surface area contributed by atoms with Gasteiger partial charge < -0.3 is 16.0 Å². The Hall–Kier alpha value is -1.88. The van der Waals surface area contributed by atoms with Crippen LogP contribution in [0.3, 0.4) is 0 Å². The number of piperidine rings is 1. The van der Waals surface area contributed by atoms with Gasteiger partial charge in [0.05, 0.1) is 0 Å². The average molecular weight is 329 g/mol. The zero-order valence-electron chi connectivity index (χ0n) is 14.4. The van der Waals surface area contributed by atoms with Crippen molar-refractivity contribution in [3.63, 3.8) is 0 Å². The van der Waals surface area contributed by atoms with Crippen molar-refractivity contribution in [2.45, 2.75) is 39.2 Å². The standard InChI is InChI=1S/C19H27N3O2/c1-2-8-21-17(23)15-5-3-4-14(11-15)13-22-18(24)16-12-19(16)6-9-20-10-7-19/h3-5,11,16,20H,2,6-10,12-13H2,1H3,(H,21,23)(H,22,24). The molecule has 1 aromatic carbocycles. The van der Waals surface area contributed by atoms with Crippen LogP contribution in [-0.2, 0) is 11.3 Å². The predicted octanol–water partition coefficient (Wildman–Crippen LogP) is 1.83. The molecule has 3 rings (SSSR count). The highest BCUT2D eigenvalue weighted by Gasteiger charge is 2.57. The number of hydrogen-bond donors (Lipinski definition) is 3. The Kier molecular flexibility index (Phi) is 5.19. The third-order valence-corrected chi connectivity index (χ3v) is 5.30. The Morgan fingerprint density at radius 3 is 2.79 bits per heavy atom. The molecule has 1 heterocycles. The Labute approximate surface area is 143 Å². The minimum Gasteiger partial charge on any atom is -0.352 e. The summed E-state index contributed by atoms with van der Waals surface area (Å²) in [6.45, 7) is 5.24. The zero-order chi connectivity index (χ0) is 17.0. The number of carbonyl (C=O) groups excluding carboxylic acids is 2. The lowest BCUT2D eigenvalue weighted by Crippen LogP contribution is -2.33. The summed E-state index contributed by atoms with van der Waals surface area (Å²) in [5.74, 6) is 0.286. The first kappa shape index (κ1) is 17.0. The largest absolute Gasteiger partial charge is 0.352 e. The van der Waals surface area contributed by atoms with E-state index in [0.717, 1.165) is 44.3 Å². The lowest BCUT2D eigenvalue weighted by Gasteiger charge is -2.23. The maximum Gasteiger partial charge on any atom is 0.251 e. The summed E-state index contributed by atoms with van der Waals surface area (Å²) >= 11 is 0. The van der Waals surface area contributed by atoms with Crippen molar-refractivity contribution >= 4 is 11.8 Å². The molecule has 2 amide bonds.